The zero-order chi connectivity index (χ0) is 27.3. The first-order valence-corrected chi connectivity index (χ1v) is 15.2. The van der Waals surface area contributed by atoms with Crippen molar-refractivity contribution in [2.45, 2.75) is 84.7 Å². The summed E-state index contributed by atoms with van der Waals surface area (Å²) in [6.45, 7) is 25.1. The van der Waals surface area contributed by atoms with Gasteiger partial charge in [-0.2, -0.15) is 0 Å². The highest BCUT2D eigenvalue weighted by Gasteiger charge is 2.40. The SMILES string of the molecule is C=CCN(Cc1c(C(C=C)OO[Si](C)(C)C(C)(C)C)n(COC)c2ccccc12)C(=O)OC(C)(C)C. The van der Waals surface area contributed by atoms with Crippen LogP contribution >= 0.6 is 0 Å². The monoisotopic (exact) mass is 516 g/mol. The van der Waals surface area contributed by atoms with Gasteiger partial charge in [0.15, 0.2) is 0 Å². The third-order valence-electron chi connectivity index (χ3n) is 6.38. The fraction of sp³-hybridized carbons (Fsp3) is 0.536. The Labute approximate surface area is 217 Å². The lowest BCUT2D eigenvalue weighted by molar-refractivity contribution is -0.249. The smallest absolute Gasteiger partial charge is 0.410 e. The van der Waals surface area contributed by atoms with Crippen LogP contribution in [0.1, 0.15) is 58.9 Å². The molecule has 8 heteroatoms. The van der Waals surface area contributed by atoms with Crippen molar-refractivity contribution in [1.82, 2.24) is 9.47 Å². The maximum Gasteiger partial charge on any atom is 0.410 e. The van der Waals surface area contributed by atoms with E-state index in [-0.39, 0.29) is 5.04 Å². The summed E-state index contributed by atoms with van der Waals surface area (Å²) >= 11 is 0. The third-order valence-corrected chi connectivity index (χ3v) is 10.5. The van der Waals surface area contributed by atoms with E-state index in [1.165, 1.54) is 0 Å². The number of para-hydroxylation sites is 1. The zero-order valence-electron chi connectivity index (χ0n) is 23.5. The Kier molecular flexibility index (Phi) is 9.75. The van der Waals surface area contributed by atoms with Crippen molar-refractivity contribution in [2.24, 2.45) is 0 Å². The minimum absolute atomic E-state index is 0.0295. The molecule has 1 heterocycles. The largest absolute Gasteiger partial charge is 0.444 e. The number of fused-ring (bicyclic) bond motifs is 1. The number of aromatic nitrogens is 1. The Morgan fingerprint density at radius 1 is 1.14 bits per heavy atom. The molecule has 0 saturated carbocycles. The molecule has 0 saturated heterocycles. The Morgan fingerprint density at radius 2 is 1.78 bits per heavy atom. The lowest BCUT2D eigenvalue weighted by Gasteiger charge is -2.35. The molecule has 0 spiro atoms. The number of carbonyl (C=O) groups excluding carboxylic acids is 1. The van der Waals surface area contributed by atoms with Crippen LogP contribution in [0.15, 0.2) is 49.6 Å². The second-order valence-electron chi connectivity index (χ2n) is 11.5. The molecule has 0 aliphatic heterocycles. The van der Waals surface area contributed by atoms with Crippen molar-refractivity contribution >= 4 is 25.3 Å². The van der Waals surface area contributed by atoms with Crippen LogP contribution in [0, 0.1) is 0 Å². The molecule has 1 aromatic heterocycles. The van der Waals surface area contributed by atoms with Crippen molar-refractivity contribution in [2.75, 3.05) is 13.7 Å². The number of rotatable bonds is 11. The second-order valence-corrected chi connectivity index (χ2v) is 16.2. The summed E-state index contributed by atoms with van der Waals surface area (Å²) < 4.78 is 19.4. The van der Waals surface area contributed by atoms with Crippen molar-refractivity contribution in [3.8, 4) is 0 Å². The van der Waals surface area contributed by atoms with E-state index in [2.05, 4.69) is 47.0 Å². The number of hydrogen-bond donors (Lipinski definition) is 0. The van der Waals surface area contributed by atoms with E-state index >= 15 is 0 Å². The van der Waals surface area contributed by atoms with Crippen molar-refractivity contribution in [3.05, 3.63) is 60.8 Å². The Bertz CT molecular complexity index is 1060. The molecule has 2 aromatic rings. The molecule has 0 aliphatic carbocycles. The van der Waals surface area contributed by atoms with E-state index in [1.54, 1.807) is 24.2 Å². The third kappa shape index (κ3) is 7.09. The van der Waals surface area contributed by atoms with Gasteiger partial charge >= 0.3 is 6.09 Å². The van der Waals surface area contributed by atoms with Crippen LogP contribution in [0.25, 0.3) is 10.9 Å². The molecule has 0 N–H and O–H groups in total. The molecular formula is C28H44N2O5Si. The summed E-state index contributed by atoms with van der Waals surface area (Å²) in [4.78, 5) is 20.8. The quantitative estimate of drug-likeness (QED) is 0.135. The first kappa shape index (κ1) is 29.8. The summed E-state index contributed by atoms with van der Waals surface area (Å²) in [7, 11) is -0.555. The van der Waals surface area contributed by atoms with E-state index in [1.807, 2.05) is 49.6 Å². The summed E-state index contributed by atoms with van der Waals surface area (Å²) in [5.41, 5.74) is 2.09. The molecule has 0 aliphatic rings. The molecule has 0 bridgehead atoms. The van der Waals surface area contributed by atoms with Crippen LogP contribution in [-0.4, -0.2) is 43.1 Å². The number of nitrogens with zero attached hydrogens (tertiary/aromatic N) is 2. The van der Waals surface area contributed by atoms with Gasteiger partial charge in [0.05, 0.1) is 17.8 Å². The molecule has 1 amide bonds. The Hall–Kier alpha value is -2.39. The highest BCUT2D eigenvalue weighted by atomic mass is 28.4. The summed E-state index contributed by atoms with van der Waals surface area (Å²) in [6, 6.07) is 8.03. The predicted octanol–water partition coefficient (Wildman–Crippen LogP) is 7.35. The number of methoxy groups -OCH3 is 1. The first-order chi connectivity index (χ1) is 16.7. The van der Waals surface area contributed by atoms with Gasteiger partial charge < -0.3 is 18.9 Å². The number of benzene rings is 1. The summed E-state index contributed by atoms with van der Waals surface area (Å²) in [5, 5.41) is 0.961. The molecule has 36 heavy (non-hydrogen) atoms. The minimum Gasteiger partial charge on any atom is -0.444 e. The van der Waals surface area contributed by atoms with Crippen LogP contribution in [0.2, 0.25) is 18.1 Å². The van der Waals surface area contributed by atoms with Crippen LogP contribution in [0.4, 0.5) is 4.79 Å². The normalized spacial score (nSPS) is 13.5. The average Bonchev–Trinajstić information content (AvgIpc) is 3.06. The molecular weight excluding hydrogens is 472 g/mol. The first-order valence-electron chi connectivity index (χ1n) is 12.3. The van der Waals surface area contributed by atoms with Crippen LogP contribution in [-0.2, 0) is 32.2 Å². The second kappa shape index (κ2) is 11.8. The van der Waals surface area contributed by atoms with E-state index < -0.39 is 26.1 Å². The molecule has 1 unspecified atom stereocenters. The van der Waals surface area contributed by atoms with Crippen LogP contribution in [0.3, 0.4) is 0 Å². The van der Waals surface area contributed by atoms with Gasteiger partial charge in [0.2, 0.25) is 8.32 Å². The lowest BCUT2D eigenvalue weighted by Crippen LogP contribution is -2.41. The Balaban J connectivity index is 2.63. The maximum absolute atomic E-state index is 13.1. The highest BCUT2D eigenvalue weighted by molar-refractivity contribution is 6.73. The Morgan fingerprint density at radius 3 is 2.31 bits per heavy atom. The van der Waals surface area contributed by atoms with Crippen LogP contribution < -0.4 is 0 Å². The number of carbonyl (C=O) groups is 1. The van der Waals surface area contributed by atoms with Gasteiger partial charge in [0.25, 0.3) is 0 Å². The van der Waals surface area contributed by atoms with Gasteiger partial charge in [-0.25, -0.2) is 9.68 Å². The molecule has 2 rings (SSSR count). The maximum atomic E-state index is 13.1. The van der Waals surface area contributed by atoms with Gasteiger partial charge in [-0.3, -0.25) is 4.58 Å². The molecule has 1 atom stereocenters. The minimum atomic E-state index is -2.21. The van der Waals surface area contributed by atoms with E-state index in [9.17, 15) is 4.79 Å². The van der Waals surface area contributed by atoms with E-state index in [0.29, 0.717) is 19.8 Å². The lowest BCUT2D eigenvalue weighted by atomic mass is 10.1. The zero-order valence-corrected chi connectivity index (χ0v) is 24.5. The average molecular weight is 517 g/mol. The summed E-state index contributed by atoms with van der Waals surface area (Å²) in [5.74, 6) is 0. The van der Waals surface area contributed by atoms with Gasteiger partial charge in [-0.15, -0.1) is 6.58 Å². The van der Waals surface area contributed by atoms with Crippen molar-refractivity contribution < 1.29 is 23.7 Å². The number of ether oxygens (including phenoxy) is 2. The predicted molar refractivity (Wildman–Crippen MR) is 148 cm³/mol. The molecule has 200 valence electrons. The standard InChI is InChI=1S/C28H44N2O5Si/c1-12-18-29(26(31)33-27(3,4)5)19-22-21-16-14-15-17-23(21)30(20-32-9)25(22)24(13-2)34-35-36(10,11)28(6,7)8/h12-17,24H,1-2,18-20H2,3-11H3. The number of hydrogen-bond acceptors (Lipinski definition) is 5. The van der Waals surface area contributed by atoms with Gasteiger partial charge in [0, 0.05) is 24.6 Å². The molecule has 0 fully saturated rings. The van der Waals surface area contributed by atoms with Gasteiger partial charge in [-0.1, -0.05) is 57.7 Å². The van der Waals surface area contributed by atoms with E-state index in [4.69, 9.17) is 18.9 Å². The van der Waals surface area contributed by atoms with Crippen molar-refractivity contribution in [3.63, 3.8) is 0 Å². The molecule has 0 radical (unpaired) electrons. The van der Waals surface area contributed by atoms with Gasteiger partial charge in [-0.05, 0) is 45.0 Å². The van der Waals surface area contributed by atoms with Gasteiger partial charge in [0.1, 0.15) is 18.4 Å². The van der Waals surface area contributed by atoms with Crippen molar-refractivity contribution in [1.29, 1.82) is 0 Å². The fourth-order valence-electron chi connectivity index (χ4n) is 3.52. The summed E-state index contributed by atoms with van der Waals surface area (Å²) in [6.07, 6.45) is 2.42. The number of amides is 1. The van der Waals surface area contributed by atoms with E-state index in [0.717, 1.165) is 22.2 Å². The fourth-order valence-corrected chi connectivity index (χ4v) is 4.12. The van der Waals surface area contributed by atoms with Crippen LogP contribution in [0.5, 0.6) is 0 Å². The molecule has 1 aromatic carbocycles. The highest BCUT2D eigenvalue weighted by Crippen LogP contribution is 2.39. The molecule has 7 nitrogen and oxygen atoms in total. The topological polar surface area (TPSA) is 62.2 Å².